The molecular weight excluding hydrogens is 350 g/mol. The Labute approximate surface area is 158 Å². The van der Waals surface area contributed by atoms with E-state index in [-0.39, 0.29) is 11.7 Å². The number of rotatable bonds is 7. The van der Waals surface area contributed by atoms with Gasteiger partial charge in [-0.2, -0.15) is 0 Å². The molecule has 1 amide bonds. The average molecular weight is 373 g/mol. The fourth-order valence-electron chi connectivity index (χ4n) is 2.42. The second-order valence-corrected chi connectivity index (χ2v) is 6.59. The van der Waals surface area contributed by atoms with Gasteiger partial charge in [0, 0.05) is 16.5 Å². The molecule has 2 aromatic rings. The summed E-state index contributed by atoms with van der Waals surface area (Å²) in [5.74, 6) is 0.201. The average Bonchev–Trinajstić information content (AvgIpc) is 2.66. The SMILES string of the molecule is C=C[C@H](C)[C@@H](OC(=O)Nc1ccc(SC)cc1)c1ccc(OC)c(O)c1. The first-order chi connectivity index (χ1) is 12.5. The maximum atomic E-state index is 12.3. The van der Waals surface area contributed by atoms with Crippen molar-refractivity contribution in [3.8, 4) is 11.5 Å². The number of phenolic OH excluding ortho intramolecular Hbond substituents is 1. The van der Waals surface area contributed by atoms with E-state index < -0.39 is 12.2 Å². The largest absolute Gasteiger partial charge is 0.504 e. The molecule has 0 radical (unpaired) electrons. The lowest BCUT2D eigenvalue weighted by Crippen LogP contribution is -2.21. The number of amides is 1. The van der Waals surface area contributed by atoms with Crippen molar-refractivity contribution in [2.75, 3.05) is 18.7 Å². The molecule has 2 rings (SSSR count). The summed E-state index contributed by atoms with van der Waals surface area (Å²) in [4.78, 5) is 13.4. The summed E-state index contributed by atoms with van der Waals surface area (Å²) >= 11 is 1.63. The molecule has 26 heavy (non-hydrogen) atoms. The van der Waals surface area contributed by atoms with E-state index in [1.54, 1.807) is 30.0 Å². The summed E-state index contributed by atoms with van der Waals surface area (Å²) in [6.45, 7) is 5.66. The molecule has 0 aliphatic carbocycles. The summed E-state index contributed by atoms with van der Waals surface area (Å²) < 4.78 is 10.7. The van der Waals surface area contributed by atoms with Crippen LogP contribution in [-0.2, 0) is 4.74 Å². The van der Waals surface area contributed by atoms with E-state index in [1.807, 2.05) is 37.4 Å². The molecule has 0 aliphatic rings. The fourth-order valence-corrected chi connectivity index (χ4v) is 2.83. The van der Waals surface area contributed by atoms with Gasteiger partial charge in [0.25, 0.3) is 0 Å². The zero-order valence-corrected chi connectivity index (χ0v) is 15.9. The molecule has 0 aromatic heterocycles. The van der Waals surface area contributed by atoms with Crippen LogP contribution >= 0.6 is 11.8 Å². The highest BCUT2D eigenvalue weighted by atomic mass is 32.2. The molecule has 0 heterocycles. The van der Waals surface area contributed by atoms with E-state index in [4.69, 9.17) is 9.47 Å². The second kappa shape index (κ2) is 9.20. The van der Waals surface area contributed by atoms with Gasteiger partial charge in [0.05, 0.1) is 7.11 Å². The Morgan fingerprint density at radius 2 is 1.96 bits per heavy atom. The number of phenols is 1. The number of anilines is 1. The lowest BCUT2D eigenvalue weighted by atomic mass is 9.97. The van der Waals surface area contributed by atoms with Gasteiger partial charge in [0.15, 0.2) is 11.5 Å². The highest BCUT2D eigenvalue weighted by Crippen LogP contribution is 2.34. The highest BCUT2D eigenvalue weighted by molar-refractivity contribution is 7.98. The Hall–Kier alpha value is -2.60. The van der Waals surface area contributed by atoms with Crippen molar-refractivity contribution in [2.45, 2.75) is 17.9 Å². The number of aromatic hydroxyl groups is 1. The molecule has 0 unspecified atom stereocenters. The summed E-state index contributed by atoms with van der Waals surface area (Å²) in [6.07, 6.45) is 2.53. The Kier molecular flexibility index (Phi) is 6.97. The van der Waals surface area contributed by atoms with Crippen LogP contribution in [0.1, 0.15) is 18.6 Å². The maximum absolute atomic E-state index is 12.3. The smallest absolute Gasteiger partial charge is 0.412 e. The first-order valence-electron chi connectivity index (χ1n) is 8.09. The fraction of sp³-hybridized carbons (Fsp3) is 0.250. The van der Waals surface area contributed by atoms with Crippen molar-refractivity contribution in [2.24, 2.45) is 5.92 Å². The molecular formula is C20H23NO4S. The van der Waals surface area contributed by atoms with Crippen molar-refractivity contribution in [3.05, 3.63) is 60.7 Å². The number of ether oxygens (including phenoxy) is 2. The Bertz CT molecular complexity index is 761. The van der Waals surface area contributed by atoms with Gasteiger partial charge in [-0.25, -0.2) is 4.79 Å². The number of carbonyl (C=O) groups is 1. The first-order valence-corrected chi connectivity index (χ1v) is 9.32. The minimum absolute atomic E-state index is 0.0112. The second-order valence-electron chi connectivity index (χ2n) is 5.71. The van der Waals surface area contributed by atoms with Gasteiger partial charge in [-0.1, -0.05) is 19.1 Å². The van der Waals surface area contributed by atoms with E-state index >= 15 is 0 Å². The summed E-state index contributed by atoms with van der Waals surface area (Å²) in [5, 5.41) is 12.7. The van der Waals surface area contributed by atoms with Crippen molar-refractivity contribution in [1.29, 1.82) is 0 Å². The normalized spacial score (nSPS) is 12.7. The van der Waals surface area contributed by atoms with E-state index in [0.717, 1.165) is 4.90 Å². The number of hydrogen-bond donors (Lipinski definition) is 2. The first kappa shape index (κ1) is 19.7. The molecule has 0 saturated carbocycles. The van der Waals surface area contributed by atoms with Crippen LogP contribution in [0.4, 0.5) is 10.5 Å². The third kappa shape index (κ3) is 4.95. The summed E-state index contributed by atoms with van der Waals surface area (Å²) in [7, 11) is 1.48. The minimum atomic E-state index is -0.588. The maximum Gasteiger partial charge on any atom is 0.412 e. The van der Waals surface area contributed by atoms with Crippen molar-refractivity contribution in [3.63, 3.8) is 0 Å². The summed E-state index contributed by atoms with van der Waals surface area (Å²) in [5.41, 5.74) is 1.30. The predicted molar refractivity (Wildman–Crippen MR) is 105 cm³/mol. The number of carbonyl (C=O) groups excluding carboxylic acids is 1. The van der Waals surface area contributed by atoms with Crippen LogP contribution in [0.2, 0.25) is 0 Å². The molecule has 2 N–H and O–H groups in total. The number of methoxy groups -OCH3 is 1. The number of hydrogen-bond acceptors (Lipinski definition) is 5. The van der Waals surface area contributed by atoms with Crippen LogP contribution in [0.15, 0.2) is 60.0 Å². The molecule has 0 spiro atoms. The van der Waals surface area contributed by atoms with Gasteiger partial charge in [0.1, 0.15) is 6.10 Å². The molecule has 0 saturated heterocycles. The molecule has 0 bridgehead atoms. The zero-order valence-electron chi connectivity index (χ0n) is 15.1. The molecule has 138 valence electrons. The molecule has 5 nitrogen and oxygen atoms in total. The van der Waals surface area contributed by atoms with Crippen LogP contribution in [0.25, 0.3) is 0 Å². The molecule has 0 fully saturated rings. The van der Waals surface area contributed by atoms with Crippen LogP contribution in [0.5, 0.6) is 11.5 Å². The van der Waals surface area contributed by atoms with Gasteiger partial charge < -0.3 is 14.6 Å². The van der Waals surface area contributed by atoms with Crippen LogP contribution in [-0.4, -0.2) is 24.6 Å². The quantitative estimate of drug-likeness (QED) is 0.513. The van der Waals surface area contributed by atoms with Crippen molar-refractivity contribution >= 4 is 23.5 Å². The lowest BCUT2D eigenvalue weighted by molar-refractivity contribution is 0.0895. The molecule has 0 aliphatic heterocycles. The third-order valence-corrected chi connectivity index (χ3v) is 4.69. The van der Waals surface area contributed by atoms with Crippen LogP contribution in [0.3, 0.4) is 0 Å². The monoisotopic (exact) mass is 373 g/mol. The van der Waals surface area contributed by atoms with Gasteiger partial charge in [-0.05, 0) is 48.2 Å². The minimum Gasteiger partial charge on any atom is -0.504 e. The van der Waals surface area contributed by atoms with Gasteiger partial charge in [0.2, 0.25) is 0 Å². The molecule has 6 heteroatoms. The van der Waals surface area contributed by atoms with Gasteiger partial charge >= 0.3 is 6.09 Å². The predicted octanol–water partition coefficient (Wildman–Crippen LogP) is 5.23. The van der Waals surface area contributed by atoms with E-state index in [1.165, 1.54) is 13.2 Å². The number of benzene rings is 2. The standard InChI is InChI=1S/C20H23NO4S/c1-5-13(2)19(14-6-11-18(24-3)17(22)12-14)25-20(23)21-15-7-9-16(26-4)10-8-15/h5-13,19,22H,1H2,2-4H3,(H,21,23)/t13-,19+/m0/s1. The number of thioether (sulfide) groups is 1. The van der Waals surface area contributed by atoms with E-state index in [9.17, 15) is 9.90 Å². The third-order valence-electron chi connectivity index (χ3n) is 3.95. The van der Waals surface area contributed by atoms with Gasteiger partial charge in [-0.15, -0.1) is 18.3 Å². The zero-order chi connectivity index (χ0) is 19.1. The molecule has 2 aromatic carbocycles. The van der Waals surface area contributed by atoms with E-state index in [2.05, 4.69) is 11.9 Å². The Balaban J connectivity index is 2.15. The summed E-state index contributed by atoms with van der Waals surface area (Å²) in [6, 6.07) is 12.4. The topological polar surface area (TPSA) is 67.8 Å². The van der Waals surface area contributed by atoms with Crippen molar-refractivity contribution in [1.82, 2.24) is 0 Å². The molecule has 2 atom stereocenters. The lowest BCUT2D eigenvalue weighted by Gasteiger charge is -2.23. The Morgan fingerprint density at radius 3 is 2.50 bits per heavy atom. The van der Waals surface area contributed by atoms with Crippen LogP contribution < -0.4 is 10.1 Å². The Morgan fingerprint density at radius 1 is 1.27 bits per heavy atom. The van der Waals surface area contributed by atoms with E-state index in [0.29, 0.717) is 17.0 Å². The number of nitrogens with one attached hydrogen (secondary N) is 1. The highest BCUT2D eigenvalue weighted by Gasteiger charge is 2.23. The van der Waals surface area contributed by atoms with Gasteiger partial charge in [-0.3, -0.25) is 5.32 Å². The van der Waals surface area contributed by atoms with Crippen LogP contribution in [0, 0.1) is 5.92 Å². The van der Waals surface area contributed by atoms with Crippen molar-refractivity contribution < 1.29 is 19.4 Å².